The Morgan fingerprint density at radius 3 is 2.43 bits per heavy atom. The van der Waals surface area contributed by atoms with Crippen LogP contribution >= 0.6 is 15.9 Å². The van der Waals surface area contributed by atoms with Crippen molar-refractivity contribution in [1.29, 1.82) is 0 Å². The number of carbonyl (C=O) groups is 3. The normalized spacial score (nSPS) is 24.7. The highest BCUT2D eigenvalue weighted by molar-refractivity contribution is 9.09. The number of rotatable bonds is 3. The van der Waals surface area contributed by atoms with Crippen LogP contribution in [0, 0.1) is 0 Å². The van der Waals surface area contributed by atoms with Crippen molar-refractivity contribution in [2.24, 2.45) is 0 Å². The fourth-order valence-electron chi connectivity index (χ4n) is 2.52. The maximum atomic E-state index is 12.0. The number of hydrogen-bond donors (Lipinski definition) is 2. The SMILES string of the molecule is CC(=O)N(CC(=O)NC(=O)OC(C)(C)C)[C@H]1CCC[C@H](Br)[C@H]1O. The van der Waals surface area contributed by atoms with E-state index in [0.717, 1.165) is 12.8 Å². The second kappa shape index (κ2) is 8.10. The molecule has 0 radical (unpaired) electrons. The Morgan fingerprint density at radius 2 is 1.91 bits per heavy atom. The topological polar surface area (TPSA) is 95.9 Å². The lowest BCUT2D eigenvalue weighted by molar-refractivity contribution is -0.139. The second-order valence-electron chi connectivity index (χ2n) is 6.70. The monoisotopic (exact) mass is 392 g/mol. The summed E-state index contributed by atoms with van der Waals surface area (Å²) in [4.78, 5) is 36.6. The predicted molar refractivity (Wildman–Crippen MR) is 88.1 cm³/mol. The first kappa shape index (κ1) is 19.9. The molecule has 0 heterocycles. The van der Waals surface area contributed by atoms with E-state index in [9.17, 15) is 19.5 Å². The summed E-state index contributed by atoms with van der Waals surface area (Å²) in [5.74, 6) is -0.965. The van der Waals surface area contributed by atoms with Crippen LogP contribution < -0.4 is 5.32 Å². The molecule has 8 heteroatoms. The quantitative estimate of drug-likeness (QED) is 0.710. The summed E-state index contributed by atoms with van der Waals surface area (Å²) in [5, 5.41) is 12.3. The Balaban J connectivity index is 2.67. The molecule has 0 aliphatic heterocycles. The summed E-state index contributed by atoms with van der Waals surface area (Å²) in [5.41, 5.74) is -0.715. The van der Waals surface area contributed by atoms with Gasteiger partial charge in [-0.25, -0.2) is 4.79 Å². The third-order valence-electron chi connectivity index (χ3n) is 3.50. The Labute approximate surface area is 144 Å². The van der Waals surface area contributed by atoms with Gasteiger partial charge < -0.3 is 14.7 Å². The van der Waals surface area contributed by atoms with Crippen molar-refractivity contribution in [2.75, 3.05) is 6.54 Å². The van der Waals surface area contributed by atoms with Gasteiger partial charge in [-0.05, 0) is 33.6 Å². The van der Waals surface area contributed by atoms with Gasteiger partial charge in [-0.2, -0.15) is 0 Å². The first-order valence-corrected chi connectivity index (χ1v) is 8.55. The Morgan fingerprint density at radius 1 is 1.30 bits per heavy atom. The van der Waals surface area contributed by atoms with Crippen molar-refractivity contribution in [3.63, 3.8) is 0 Å². The molecule has 3 amide bonds. The van der Waals surface area contributed by atoms with Crippen molar-refractivity contribution in [1.82, 2.24) is 10.2 Å². The number of aliphatic hydroxyl groups excluding tert-OH is 1. The smallest absolute Gasteiger partial charge is 0.414 e. The van der Waals surface area contributed by atoms with Gasteiger partial charge in [0.15, 0.2) is 0 Å². The van der Waals surface area contributed by atoms with Crippen molar-refractivity contribution >= 4 is 33.8 Å². The number of aliphatic hydroxyl groups is 1. The van der Waals surface area contributed by atoms with Crippen LogP contribution in [0.4, 0.5) is 4.79 Å². The van der Waals surface area contributed by atoms with Crippen LogP contribution in [0.2, 0.25) is 0 Å². The molecule has 1 saturated carbocycles. The number of alkyl carbamates (subject to hydrolysis) is 1. The number of hydrogen-bond acceptors (Lipinski definition) is 5. The van der Waals surface area contributed by atoms with E-state index in [1.54, 1.807) is 20.8 Å². The minimum Gasteiger partial charge on any atom is -0.444 e. The Kier molecular flexibility index (Phi) is 7.01. The summed E-state index contributed by atoms with van der Waals surface area (Å²) in [6.07, 6.45) is 0.668. The van der Waals surface area contributed by atoms with Gasteiger partial charge in [0.25, 0.3) is 0 Å². The Bertz CT molecular complexity index is 463. The number of nitrogens with one attached hydrogen (secondary N) is 1. The van der Waals surface area contributed by atoms with Gasteiger partial charge >= 0.3 is 6.09 Å². The van der Waals surface area contributed by atoms with Crippen LogP contribution in [0.5, 0.6) is 0 Å². The molecule has 132 valence electrons. The summed E-state index contributed by atoms with van der Waals surface area (Å²) < 4.78 is 5.00. The number of alkyl halides is 1. The van der Waals surface area contributed by atoms with Gasteiger partial charge in [0.1, 0.15) is 12.1 Å². The number of ether oxygens (including phenoxy) is 1. The summed E-state index contributed by atoms with van der Waals surface area (Å²) in [6.45, 7) is 6.11. The van der Waals surface area contributed by atoms with Crippen molar-refractivity contribution < 1.29 is 24.2 Å². The molecular formula is C15H25BrN2O5. The van der Waals surface area contributed by atoms with Gasteiger partial charge in [0.2, 0.25) is 11.8 Å². The largest absolute Gasteiger partial charge is 0.444 e. The van der Waals surface area contributed by atoms with E-state index in [4.69, 9.17) is 4.74 Å². The van der Waals surface area contributed by atoms with E-state index < -0.39 is 29.7 Å². The molecule has 0 aromatic rings. The van der Waals surface area contributed by atoms with Gasteiger partial charge in [-0.3, -0.25) is 14.9 Å². The van der Waals surface area contributed by atoms with Crippen molar-refractivity contribution in [3.8, 4) is 0 Å². The van der Waals surface area contributed by atoms with Crippen LogP contribution in [0.15, 0.2) is 0 Å². The van der Waals surface area contributed by atoms with Crippen LogP contribution in [-0.2, 0) is 14.3 Å². The highest BCUT2D eigenvalue weighted by Crippen LogP contribution is 2.28. The van der Waals surface area contributed by atoms with Crippen LogP contribution in [0.25, 0.3) is 0 Å². The standard InChI is InChI=1S/C15H25BrN2O5/c1-9(19)18(11-7-5-6-10(16)13(11)21)8-12(20)17-14(22)23-15(2,3)4/h10-11,13,21H,5-8H2,1-4H3,(H,17,20,22)/t10-,11-,13+/m0/s1. The molecule has 0 unspecified atom stereocenters. The average Bonchev–Trinajstić information content (AvgIpc) is 2.37. The summed E-state index contributed by atoms with van der Waals surface area (Å²) >= 11 is 3.39. The minimum absolute atomic E-state index is 0.114. The number of nitrogens with zero attached hydrogens (tertiary/aromatic N) is 1. The first-order valence-electron chi connectivity index (χ1n) is 7.63. The fraction of sp³-hybridized carbons (Fsp3) is 0.800. The maximum Gasteiger partial charge on any atom is 0.414 e. The molecule has 0 spiro atoms. The van der Waals surface area contributed by atoms with Gasteiger partial charge in [0, 0.05) is 11.8 Å². The van der Waals surface area contributed by atoms with Gasteiger partial charge in [-0.15, -0.1) is 0 Å². The molecule has 3 atom stereocenters. The van der Waals surface area contributed by atoms with E-state index in [0.29, 0.717) is 6.42 Å². The number of amides is 3. The maximum absolute atomic E-state index is 12.0. The minimum atomic E-state index is -0.853. The molecule has 23 heavy (non-hydrogen) atoms. The van der Waals surface area contributed by atoms with Crippen LogP contribution in [-0.4, -0.2) is 57.0 Å². The third-order valence-corrected chi connectivity index (χ3v) is 4.50. The molecule has 7 nitrogen and oxygen atoms in total. The van der Waals surface area contributed by atoms with Crippen molar-refractivity contribution in [2.45, 2.75) is 69.5 Å². The summed E-state index contributed by atoms with van der Waals surface area (Å²) in [7, 11) is 0. The summed E-state index contributed by atoms with van der Waals surface area (Å²) in [6, 6.07) is -0.449. The second-order valence-corrected chi connectivity index (χ2v) is 7.88. The molecule has 0 bridgehead atoms. The molecule has 1 aliphatic carbocycles. The Hall–Kier alpha value is -1.15. The third kappa shape index (κ3) is 6.47. The molecule has 0 aromatic heterocycles. The number of halogens is 1. The zero-order valence-electron chi connectivity index (χ0n) is 14.0. The molecule has 0 aromatic carbocycles. The van der Waals surface area contributed by atoms with Crippen LogP contribution in [0.3, 0.4) is 0 Å². The average molecular weight is 393 g/mol. The lowest BCUT2D eigenvalue weighted by Gasteiger charge is -2.39. The molecule has 0 saturated heterocycles. The molecule has 1 aliphatic rings. The van der Waals surface area contributed by atoms with E-state index in [2.05, 4.69) is 21.2 Å². The molecule has 1 fully saturated rings. The fourth-order valence-corrected chi connectivity index (χ4v) is 3.19. The molecule has 2 N–H and O–H groups in total. The van der Waals surface area contributed by atoms with E-state index in [1.165, 1.54) is 11.8 Å². The van der Waals surface area contributed by atoms with Crippen LogP contribution in [0.1, 0.15) is 47.0 Å². The first-order chi connectivity index (χ1) is 10.5. The highest BCUT2D eigenvalue weighted by atomic mass is 79.9. The van der Waals surface area contributed by atoms with E-state index in [1.807, 2.05) is 0 Å². The number of carbonyl (C=O) groups excluding carboxylic acids is 3. The number of imide groups is 1. The lowest BCUT2D eigenvalue weighted by atomic mass is 9.91. The zero-order valence-corrected chi connectivity index (χ0v) is 15.6. The zero-order chi connectivity index (χ0) is 17.8. The van der Waals surface area contributed by atoms with E-state index in [-0.39, 0.29) is 17.3 Å². The van der Waals surface area contributed by atoms with Crippen molar-refractivity contribution in [3.05, 3.63) is 0 Å². The highest BCUT2D eigenvalue weighted by Gasteiger charge is 2.36. The van der Waals surface area contributed by atoms with Gasteiger partial charge in [-0.1, -0.05) is 22.4 Å². The van der Waals surface area contributed by atoms with E-state index >= 15 is 0 Å². The molecule has 1 rings (SSSR count). The molecular weight excluding hydrogens is 368 g/mol. The van der Waals surface area contributed by atoms with Gasteiger partial charge in [0.05, 0.1) is 12.1 Å². The predicted octanol–water partition coefficient (Wildman–Crippen LogP) is 1.56. The lowest BCUT2D eigenvalue weighted by Crippen LogP contribution is -2.54.